The van der Waals surface area contributed by atoms with E-state index < -0.39 is 5.97 Å². The lowest BCUT2D eigenvalue weighted by molar-refractivity contribution is 0.0696. The number of carboxylic acid groups (broad SMARTS) is 1. The van der Waals surface area contributed by atoms with E-state index in [9.17, 15) is 14.3 Å². The molecule has 0 spiro atoms. The number of carboxylic acids is 1. The summed E-state index contributed by atoms with van der Waals surface area (Å²) in [4.78, 5) is 13.6. The number of benzene rings is 2. The van der Waals surface area contributed by atoms with Crippen LogP contribution in [0.2, 0.25) is 0 Å². The molecule has 3 heterocycles. The molecule has 0 unspecified atom stereocenters. The molecule has 33 heavy (non-hydrogen) atoms. The summed E-state index contributed by atoms with van der Waals surface area (Å²) in [6, 6.07) is 14.5. The maximum atomic E-state index is 14.1. The Kier molecular flexibility index (Phi) is 6.29. The average molecular weight is 463 g/mol. The van der Waals surface area contributed by atoms with Crippen LogP contribution in [0.25, 0.3) is 10.9 Å². The molecule has 1 aliphatic rings. The molecular weight excluding hydrogens is 435 g/mol. The fourth-order valence-corrected chi connectivity index (χ4v) is 5.65. The highest BCUT2D eigenvalue weighted by Crippen LogP contribution is 2.35. The van der Waals surface area contributed by atoms with Crippen molar-refractivity contribution in [2.45, 2.75) is 38.3 Å². The lowest BCUT2D eigenvalue weighted by Crippen LogP contribution is -2.32. The first kappa shape index (κ1) is 21.9. The van der Waals surface area contributed by atoms with Crippen LogP contribution in [0.15, 0.2) is 65.5 Å². The fourth-order valence-electron chi connectivity index (χ4n) is 4.95. The van der Waals surface area contributed by atoms with Crippen LogP contribution in [-0.4, -0.2) is 33.6 Å². The second-order valence-corrected chi connectivity index (χ2v) is 9.66. The number of thiophene rings is 1. The SMILES string of the molecule is O=C(O)c1cccc(CN2CCC(c3cn(CCc4ccsc4)c4cc(F)ccc34)CC2)c1. The predicted octanol–water partition coefficient (Wildman–Crippen LogP) is 6.16. The molecule has 0 radical (unpaired) electrons. The molecule has 4 aromatic rings. The normalized spacial score (nSPS) is 15.3. The van der Waals surface area contributed by atoms with Gasteiger partial charge in [-0.05, 0) is 102 Å². The van der Waals surface area contributed by atoms with Gasteiger partial charge in [0.1, 0.15) is 5.82 Å². The van der Waals surface area contributed by atoms with Gasteiger partial charge < -0.3 is 9.67 Å². The van der Waals surface area contributed by atoms with Crippen LogP contribution in [0.1, 0.15) is 45.8 Å². The fraction of sp³-hybridized carbons (Fsp3) is 0.296. The number of aromatic carboxylic acids is 1. The Morgan fingerprint density at radius 2 is 1.94 bits per heavy atom. The first-order valence-electron chi connectivity index (χ1n) is 11.4. The van der Waals surface area contributed by atoms with Crippen LogP contribution >= 0.6 is 11.3 Å². The highest BCUT2D eigenvalue weighted by molar-refractivity contribution is 7.07. The largest absolute Gasteiger partial charge is 0.478 e. The Morgan fingerprint density at radius 3 is 2.70 bits per heavy atom. The number of aryl methyl sites for hydroxylation is 2. The van der Waals surface area contributed by atoms with Crippen molar-refractivity contribution in [2.24, 2.45) is 0 Å². The number of carbonyl (C=O) groups is 1. The first-order chi connectivity index (χ1) is 16.1. The molecule has 1 fully saturated rings. The number of likely N-dealkylation sites (tertiary alicyclic amines) is 1. The summed E-state index contributed by atoms with van der Waals surface area (Å²) in [5.74, 6) is -0.633. The standard InChI is InChI=1S/C27H27FN2O2S/c28-23-4-5-24-25(17-30(26(24)15-23)12-6-19-9-13-33-18-19)21-7-10-29(11-8-21)16-20-2-1-3-22(14-20)27(31)32/h1-5,9,13-15,17-18,21H,6-8,10-12,16H2,(H,31,32). The second-order valence-electron chi connectivity index (χ2n) is 8.88. The van der Waals surface area contributed by atoms with E-state index in [1.807, 2.05) is 18.2 Å². The Balaban J connectivity index is 1.30. The van der Waals surface area contributed by atoms with E-state index in [0.29, 0.717) is 11.5 Å². The maximum Gasteiger partial charge on any atom is 0.335 e. The third kappa shape index (κ3) is 4.87. The second kappa shape index (κ2) is 9.49. The molecule has 4 nitrogen and oxygen atoms in total. The van der Waals surface area contributed by atoms with E-state index in [1.165, 1.54) is 11.1 Å². The van der Waals surface area contributed by atoms with Gasteiger partial charge in [0.05, 0.1) is 11.1 Å². The molecule has 0 bridgehead atoms. The molecule has 1 aliphatic heterocycles. The van der Waals surface area contributed by atoms with E-state index in [4.69, 9.17) is 0 Å². The highest BCUT2D eigenvalue weighted by atomic mass is 32.1. The van der Waals surface area contributed by atoms with Gasteiger partial charge in [0.2, 0.25) is 0 Å². The van der Waals surface area contributed by atoms with Gasteiger partial charge in [0.15, 0.2) is 0 Å². The third-order valence-electron chi connectivity index (χ3n) is 6.70. The lowest BCUT2D eigenvalue weighted by Gasteiger charge is -2.32. The summed E-state index contributed by atoms with van der Waals surface area (Å²) in [5.41, 5.74) is 5.00. The topological polar surface area (TPSA) is 45.5 Å². The molecule has 170 valence electrons. The van der Waals surface area contributed by atoms with Crippen LogP contribution in [0, 0.1) is 5.82 Å². The van der Waals surface area contributed by atoms with Crippen molar-refractivity contribution in [2.75, 3.05) is 13.1 Å². The molecule has 0 amide bonds. The predicted molar refractivity (Wildman–Crippen MR) is 131 cm³/mol. The molecule has 0 atom stereocenters. The van der Waals surface area contributed by atoms with E-state index in [0.717, 1.165) is 61.9 Å². The van der Waals surface area contributed by atoms with Gasteiger partial charge in [-0.2, -0.15) is 11.3 Å². The summed E-state index contributed by atoms with van der Waals surface area (Å²) in [5, 5.41) is 14.7. The smallest absolute Gasteiger partial charge is 0.335 e. The minimum Gasteiger partial charge on any atom is -0.478 e. The molecule has 1 N–H and O–H groups in total. The Labute approximate surface area is 196 Å². The minimum atomic E-state index is -0.887. The Bertz CT molecular complexity index is 1260. The number of fused-ring (bicyclic) bond motifs is 1. The van der Waals surface area contributed by atoms with Gasteiger partial charge in [-0.25, -0.2) is 9.18 Å². The number of hydrogen-bond donors (Lipinski definition) is 1. The van der Waals surface area contributed by atoms with Gasteiger partial charge in [-0.15, -0.1) is 0 Å². The summed E-state index contributed by atoms with van der Waals surface area (Å²) in [6.07, 6.45) is 5.27. The molecule has 6 heteroatoms. The number of rotatable bonds is 7. The summed E-state index contributed by atoms with van der Waals surface area (Å²) in [7, 11) is 0. The average Bonchev–Trinajstić information content (AvgIpc) is 3.46. The lowest BCUT2D eigenvalue weighted by atomic mass is 9.89. The zero-order valence-electron chi connectivity index (χ0n) is 18.4. The van der Waals surface area contributed by atoms with E-state index in [-0.39, 0.29) is 5.82 Å². The monoisotopic (exact) mass is 462 g/mol. The Morgan fingerprint density at radius 1 is 1.09 bits per heavy atom. The van der Waals surface area contributed by atoms with Crippen LogP contribution in [0.5, 0.6) is 0 Å². The van der Waals surface area contributed by atoms with Gasteiger partial charge in [-0.3, -0.25) is 4.90 Å². The number of nitrogens with zero attached hydrogens (tertiary/aromatic N) is 2. The zero-order chi connectivity index (χ0) is 22.8. The van der Waals surface area contributed by atoms with Crippen LogP contribution < -0.4 is 0 Å². The third-order valence-corrected chi connectivity index (χ3v) is 7.44. The molecule has 2 aromatic carbocycles. The summed E-state index contributed by atoms with van der Waals surface area (Å²) >= 11 is 1.71. The van der Waals surface area contributed by atoms with Crippen molar-refractivity contribution in [1.29, 1.82) is 0 Å². The van der Waals surface area contributed by atoms with Crippen molar-refractivity contribution in [3.05, 3.63) is 93.6 Å². The molecular formula is C27H27FN2O2S. The molecule has 0 saturated carbocycles. The number of aromatic nitrogens is 1. The van der Waals surface area contributed by atoms with Crippen LogP contribution in [-0.2, 0) is 19.5 Å². The number of hydrogen-bond acceptors (Lipinski definition) is 3. The van der Waals surface area contributed by atoms with E-state index >= 15 is 0 Å². The number of piperidine rings is 1. The van der Waals surface area contributed by atoms with Crippen molar-refractivity contribution in [3.8, 4) is 0 Å². The van der Waals surface area contributed by atoms with Gasteiger partial charge in [-0.1, -0.05) is 12.1 Å². The van der Waals surface area contributed by atoms with E-state index in [1.54, 1.807) is 35.6 Å². The zero-order valence-corrected chi connectivity index (χ0v) is 19.2. The summed E-state index contributed by atoms with van der Waals surface area (Å²) < 4.78 is 16.3. The maximum absolute atomic E-state index is 14.1. The highest BCUT2D eigenvalue weighted by Gasteiger charge is 2.24. The van der Waals surface area contributed by atoms with E-state index in [2.05, 4.69) is 32.5 Å². The Hall–Kier alpha value is -2.96. The van der Waals surface area contributed by atoms with Crippen molar-refractivity contribution >= 4 is 28.2 Å². The quantitative estimate of drug-likeness (QED) is 0.358. The summed E-state index contributed by atoms with van der Waals surface area (Å²) in [6.45, 7) is 3.53. The molecule has 5 rings (SSSR count). The first-order valence-corrected chi connectivity index (χ1v) is 12.3. The molecule has 0 aliphatic carbocycles. The van der Waals surface area contributed by atoms with Gasteiger partial charge in [0.25, 0.3) is 0 Å². The molecule has 2 aromatic heterocycles. The molecule has 1 saturated heterocycles. The van der Waals surface area contributed by atoms with Crippen molar-refractivity contribution < 1.29 is 14.3 Å². The van der Waals surface area contributed by atoms with Crippen molar-refractivity contribution in [3.63, 3.8) is 0 Å². The van der Waals surface area contributed by atoms with Crippen molar-refractivity contribution in [1.82, 2.24) is 9.47 Å². The van der Waals surface area contributed by atoms with Crippen LogP contribution in [0.3, 0.4) is 0 Å². The van der Waals surface area contributed by atoms with Gasteiger partial charge >= 0.3 is 5.97 Å². The minimum absolute atomic E-state index is 0.192. The number of halogens is 1. The van der Waals surface area contributed by atoms with Gasteiger partial charge in [0, 0.05) is 24.7 Å². The van der Waals surface area contributed by atoms with Crippen LogP contribution in [0.4, 0.5) is 4.39 Å².